The Balaban J connectivity index is 2.88. The van der Waals surface area contributed by atoms with Crippen LogP contribution < -0.4 is 5.32 Å². The zero-order valence-electron chi connectivity index (χ0n) is 8.13. The van der Waals surface area contributed by atoms with Crippen LogP contribution in [0.2, 0.25) is 0 Å². The van der Waals surface area contributed by atoms with Crippen molar-refractivity contribution in [3.63, 3.8) is 0 Å². The number of fused-ring (bicyclic) bond motifs is 1. The summed E-state index contributed by atoms with van der Waals surface area (Å²) >= 11 is 0. The molecule has 3 heteroatoms. The molecule has 2 rings (SSSR count). The van der Waals surface area contributed by atoms with Gasteiger partial charge in [0, 0.05) is 13.2 Å². The van der Waals surface area contributed by atoms with Crippen molar-refractivity contribution in [2.24, 2.45) is 0 Å². The van der Waals surface area contributed by atoms with Crippen LogP contribution in [0.15, 0.2) is 18.3 Å². The molecule has 0 amide bonds. The van der Waals surface area contributed by atoms with Gasteiger partial charge < -0.3 is 9.72 Å². The standard InChI is InChI=1S/C10H13N3/c1-7-10-9(11-3)5-4-6-13(10)8(2)12-7/h4-6,11H,1-3H3. The van der Waals surface area contributed by atoms with Crippen molar-refractivity contribution in [3.05, 3.63) is 29.8 Å². The number of imidazole rings is 1. The van der Waals surface area contributed by atoms with E-state index in [1.165, 1.54) is 5.52 Å². The first-order valence-electron chi connectivity index (χ1n) is 4.36. The molecule has 0 atom stereocenters. The highest BCUT2D eigenvalue weighted by atomic mass is 15.0. The Morgan fingerprint density at radius 3 is 2.85 bits per heavy atom. The predicted octanol–water partition coefficient (Wildman–Crippen LogP) is 1.99. The van der Waals surface area contributed by atoms with Crippen LogP contribution in [-0.4, -0.2) is 16.4 Å². The highest BCUT2D eigenvalue weighted by molar-refractivity contribution is 5.74. The zero-order valence-corrected chi connectivity index (χ0v) is 8.13. The average molecular weight is 175 g/mol. The first-order valence-corrected chi connectivity index (χ1v) is 4.36. The van der Waals surface area contributed by atoms with Crippen LogP contribution in [0.1, 0.15) is 11.5 Å². The predicted molar refractivity (Wildman–Crippen MR) is 54.2 cm³/mol. The lowest BCUT2D eigenvalue weighted by Crippen LogP contribution is -1.93. The van der Waals surface area contributed by atoms with E-state index in [0.29, 0.717) is 0 Å². The Kier molecular flexibility index (Phi) is 1.72. The number of nitrogens with zero attached hydrogens (tertiary/aromatic N) is 2. The fraction of sp³-hybridized carbons (Fsp3) is 0.300. The summed E-state index contributed by atoms with van der Waals surface area (Å²) in [6.07, 6.45) is 2.03. The molecule has 0 aliphatic heterocycles. The first-order chi connectivity index (χ1) is 6.24. The summed E-state index contributed by atoms with van der Waals surface area (Å²) in [6, 6.07) is 4.08. The van der Waals surface area contributed by atoms with Gasteiger partial charge in [0.2, 0.25) is 0 Å². The fourth-order valence-corrected chi connectivity index (χ4v) is 1.70. The van der Waals surface area contributed by atoms with Crippen molar-refractivity contribution in [2.45, 2.75) is 13.8 Å². The van der Waals surface area contributed by atoms with Crippen LogP contribution in [0.25, 0.3) is 5.52 Å². The molecule has 13 heavy (non-hydrogen) atoms. The van der Waals surface area contributed by atoms with E-state index in [2.05, 4.69) is 20.8 Å². The molecule has 0 saturated carbocycles. The van der Waals surface area contributed by atoms with Gasteiger partial charge in [0.1, 0.15) is 5.82 Å². The molecule has 2 aromatic rings. The maximum atomic E-state index is 4.42. The van der Waals surface area contributed by atoms with Crippen LogP contribution in [0.3, 0.4) is 0 Å². The van der Waals surface area contributed by atoms with Gasteiger partial charge in [0.25, 0.3) is 0 Å². The van der Waals surface area contributed by atoms with Gasteiger partial charge in [-0.3, -0.25) is 0 Å². The van der Waals surface area contributed by atoms with Crippen LogP contribution in [-0.2, 0) is 0 Å². The van der Waals surface area contributed by atoms with Crippen molar-refractivity contribution in [3.8, 4) is 0 Å². The summed E-state index contributed by atoms with van der Waals surface area (Å²) in [6.45, 7) is 4.04. The van der Waals surface area contributed by atoms with E-state index in [0.717, 1.165) is 17.2 Å². The normalized spacial score (nSPS) is 10.7. The second-order valence-corrected chi connectivity index (χ2v) is 3.13. The van der Waals surface area contributed by atoms with Gasteiger partial charge in [-0.15, -0.1) is 0 Å². The number of pyridine rings is 1. The minimum atomic E-state index is 1.03. The molecule has 0 unspecified atom stereocenters. The molecular formula is C10H13N3. The number of rotatable bonds is 1. The highest BCUT2D eigenvalue weighted by Crippen LogP contribution is 2.20. The summed E-state index contributed by atoms with van der Waals surface area (Å²) < 4.78 is 2.10. The van der Waals surface area contributed by atoms with Crippen molar-refractivity contribution in [1.82, 2.24) is 9.38 Å². The van der Waals surface area contributed by atoms with Gasteiger partial charge in [-0.25, -0.2) is 4.98 Å². The van der Waals surface area contributed by atoms with Gasteiger partial charge in [-0.05, 0) is 26.0 Å². The molecule has 0 radical (unpaired) electrons. The molecule has 0 aromatic carbocycles. The molecule has 0 spiro atoms. The number of aromatic nitrogens is 2. The largest absolute Gasteiger partial charge is 0.386 e. The molecule has 0 saturated heterocycles. The van der Waals surface area contributed by atoms with Crippen LogP contribution in [0.4, 0.5) is 5.69 Å². The lowest BCUT2D eigenvalue weighted by molar-refractivity contribution is 1.04. The Labute approximate surface area is 77.4 Å². The second kappa shape index (κ2) is 2.76. The van der Waals surface area contributed by atoms with E-state index in [-0.39, 0.29) is 0 Å². The SMILES string of the molecule is CNc1cccn2c(C)nc(C)c12. The Bertz CT molecular complexity index is 443. The van der Waals surface area contributed by atoms with Crippen molar-refractivity contribution in [1.29, 1.82) is 0 Å². The Morgan fingerprint density at radius 2 is 2.15 bits per heavy atom. The van der Waals surface area contributed by atoms with Crippen LogP contribution in [0.5, 0.6) is 0 Å². The van der Waals surface area contributed by atoms with Crippen LogP contribution >= 0.6 is 0 Å². The molecule has 3 nitrogen and oxygen atoms in total. The van der Waals surface area contributed by atoms with E-state index in [1.54, 1.807) is 0 Å². The third-order valence-corrected chi connectivity index (χ3v) is 2.28. The number of hydrogen-bond donors (Lipinski definition) is 1. The van der Waals surface area contributed by atoms with Crippen molar-refractivity contribution >= 4 is 11.2 Å². The van der Waals surface area contributed by atoms with Crippen molar-refractivity contribution in [2.75, 3.05) is 12.4 Å². The Morgan fingerprint density at radius 1 is 1.38 bits per heavy atom. The third kappa shape index (κ3) is 1.08. The monoisotopic (exact) mass is 175 g/mol. The average Bonchev–Trinajstić information content (AvgIpc) is 2.43. The van der Waals surface area contributed by atoms with Gasteiger partial charge >= 0.3 is 0 Å². The molecule has 0 fully saturated rings. The lowest BCUT2D eigenvalue weighted by Gasteiger charge is -2.03. The Hall–Kier alpha value is -1.51. The van der Waals surface area contributed by atoms with Gasteiger partial charge in [0.05, 0.1) is 16.9 Å². The molecule has 2 aromatic heterocycles. The molecule has 2 heterocycles. The van der Waals surface area contributed by atoms with E-state index in [4.69, 9.17) is 0 Å². The fourth-order valence-electron chi connectivity index (χ4n) is 1.70. The second-order valence-electron chi connectivity index (χ2n) is 3.13. The quantitative estimate of drug-likeness (QED) is 0.718. The molecule has 0 bridgehead atoms. The molecule has 68 valence electrons. The number of aryl methyl sites for hydroxylation is 2. The number of nitrogens with one attached hydrogen (secondary N) is 1. The van der Waals surface area contributed by atoms with E-state index in [1.807, 2.05) is 33.2 Å². The minimum absolute atomic E-state index is 1.03. The minimum Gasteiger partial charge on any atom is -0.386 e. The van der Waals surface area contributed by atoms with Gasteiger partial charge in [0.15, 0.2) is 0 Å². The zero-order chi connectivity index (χ0) is 9.42. The number of anilines is 1. The first kappa shape index (κ1) is 8.10. The molecule has 0 aliphatic carbocycles. The van der Waals surface area contributed by atoms with Gasteiger partial charge in [-0.2, -0.15) is 0 Å². The molecule has 1 N–H and O–H groups in total. The molecule has 0 aliphatic rings. The summed E-state index contributed by atoms with van der Waals surface area (Å²) in [4.78, 5) is 4.42. The maximum Gasteiger partial charge on any atom is 0.110 e. The van der Waals surface area contributed by atoms with Crippen molar-refractivity contribution < 1.29 is 0 Å². The van der Waals surface area contributed by atoms with E-state index < -0.39 is 0 Å². The summed E-state index contributed by atoms with van der Waals surface area (Å²) in [5.74, 6) is 1.03. The van der Waals surface area contributed by atoms with E-state index >= 15 is 0 Å². The maximum absolute atomic E-state index is 4.42. The molecular weight excluding hydrogens is 162 g/mol. The summed E-state index contributed by atoms with van der Waals surface area (Å²) in [5.41, 5.74) is 3.37. The topological polar surface area (TPSA) is 29.3 Å². The van der Waals surface area contributed by atoms with Crippen LogP contribution in [0, 0.1) is 13.8 Å². The summed E-state index contributed by atoms with van der Waals surface area (Å²) in [7, 11) is 1.93. The highest BCUT2D eigenvalue weighted by Gasteiger charge is 2.06. The van der Waals surface area contributed by atoms with E-state index in [9.17, 15) is 0 Å². The smallest absolute Gasteiger partial charge is 0.110 e. The lowest BCUT2D eigenvalue weighted by atomic mass is 10.3. The number of hydrogen-bond acceptors (Lipinski definition) is 2. The van der Waals surface area contributed by atoms with Gasteiger partial charge in [-0.1, -0.05) is 0 Å². The third-order valence-electron chi connectivity index (χ3n) is 2.28. The summed E-state index contributed by atoms with van der Waals surface area (Å²) in [5, 5.41) is 3.16.